The summed E-state index contributed by atoms with van der Waals surface area (Å²) in [5.74, 6) is 1.03. The molecule has 0 radical (unpaired) electrons. The Morgan fingerprint density at radius 1 is 1.29 bits per heavy atom. The topological polar surface area (TPSA) is 75.3 Å². The summed E-state index contributed by atoms with van der Waals surface area (Å²) < 4.78 is 0. The van der Waals surface area contributed by atoms with Crippen molar-refractivity contribution in [2.45, 2.75) is 52.5 Å². The monoisotopic (exact) mass is 244 g/mol. The van der Waals surface area contributed by atoms with Gasteiger partial charge < -0.3 is 16.2 Å². The van der Waals surface area contributed by atoms with E-state index in [1.54, 1.807) is 0 Å². The van der Waals surface area contributed by atoms with Gasteiger partial charge in [-0.15, -0.1) is 0 Å². The molecule has 0 aromatic heterocycles. The van der Waals surface area contributed by atoms with Gasteiger partial charge in [-0.1, -0.05) is 13.8 Å². The van der Waals surface area contributed by atoms with Crippen molar-refractivity contribution in [3.05, 3.63) is 0 Å². The van der Waals surface area contributed by atoms with Crippen LogP contribution in [0.3, 0.4) is 0 Å². The fourth-order valence-electron chi connectivity index (χ4n) is 1.86. The Labute approximate surface area is 105 Å². The molecule has 17 heavy (non-hydrogen) atoms. The van der Waals surface area contributed by atoms with Crippen LogP contribution in [0.1, 0.15) is 46.5 Å². The molecule has 0 aliphatic carbocycles. The Morgan fingerprint density at radius 2 is 1.94 bits per heavy atom. The Hall–Kier alpha value is -0.610. The van der Waals surface area contributed by atoms with Crippen molar-refractivity contribution in [3.63, 3.8) is 0 Å². The van der Waals surface area contributed by atoms with Crippen molar-refractivity contribution in [2.24, 2.45) is 17.6 Å². The molecule has 4 heteroatoms. The van der Waals surface area contributed by atoms with Gasteiger partial charge in [0.1, 0.15) is 0 Å². The molecule has 0 fully saturated rings. The lowest BCUT2D eigenvalue weighted by Gasteiger charge is -2.18. The highest BCUT2D eigenvalue weighted by Gasteiger charge is 2.12. The fraction of sp³-hybridized carbons (Fsp3) is 0.923. The van der Waals surface area contributed by atoms with Crippen LogP contribution in [-0.2, 0) is 4.79 Å². The third kappa shape index (κ3) is 10.3. The summed E-state index contributed by atoms with van der Waals surface area (Å²) in [7, 11) is 0. The lowest BCUT2D eigenvalue weighted by Crippen LogP contribution is -2.31. The summed E-state index contributed by atoms with van der Waals surface area (Å²) in [6.07, 6.45) is 3.01. The molecule has 0 aliphatic rings. The number of hydrogen-bond acceptors (Lipinski definition) is 3. The summed E-state index contributed by atoms with van der Waals surface area (Å²) in [5.41, 5.74) is 5.60. The number of amides is 1. The predicted molar refractivity (Wildman–Crippen MR) is 70.5 cm³/mol. The highest BCUT2D eigenvalue weighted by molar-refractivity contribution is 5.75. The second-order valence-corrected chi connectivity index (χ2v) is 5.33. The van der Waals surface area contributed by atoms with E-state index in [0.29, 0.717) is 24.8 Å². The molecule has 4 N–H and O–H groups in total. The Balaban J connectivity index is 3.82. The first kappa shape index (κ1) is 16.4. The third-order valence-corrected chi connectivity index (χ3v) is 2.76. The van der Waals surface area contributed by atoms with E-state index in [0.717, 1.165) is 19.3 Å². The van der Waals surface area contributed by atoms with Gasteiger partial charge in [-0.3, -0.25) is 4.79 Å². The van der Waals surface area contributed by atoms with E-state index in [4.69, 9.17) is 10.8 Å². The van der Waals surface area contributed by atoms with E-state index in [1.165, 1.54) is 0 Å². The number of nitrogens with one attached hydrogen (secondary N) is 1. The molecule has 0 saturated carbocycles. The van der Waals surface area contributed by atoms with Crippen molar-refractivity contribution < 1.29 is 9.90 Å². The van der Waals surface area contributed by atoms with E-state index in [-0.39, 0.29) is 18.6 Å². The van der Waals surface area contributed by atoms with Gasteiger partial charge in [0.2, 0.25) is 5.91 Å². The van der Waals surface area contributed by atoms with E-state index < -0.39 is 0 Å². The van der Waals surface area contributed by atoms with E-state index >= 15 is 0 Å². The molecule has 0 aromatic carbocycles. The van der Waals surface area contributed by atoms with Crippen LogP contribution in [0.2, 0.25) is 0 Å². The standard InChI is InChI=1S/C13H28N2O2/c1-10(2)8-12(6-7-16)9-15-13(17)5-4-11(3)14/h10-12,16H,4-9,14H2,1-3H3,(H,15,17). The van der Waals surface area contributed by atoms with Gasteiger partial charge in [0.05, 0.1) is 0 Å². The van der Waals surface area contributed by atoms with Gasteiger partial charge in [0.15, 0.2) is 0 Å². The van der Waals surface area contributed by atoms with Crippen molar-refractivity contribution in [1.29, 1.82) is 0 Å². The number of nitrogens with two attached hydrogens (primary N) is 1. The molecule has 0 aliphatic heterocycles. The molecule has 4 nitrogen and oxygen atoms in total. The average Bonchev–Trinajstić information content (AvgIpc) is 2.22. The minimum atomic E-state index is 0.0639. The summed E-state index contributed by atoms with van der Waals surface area (Å²) in [5, 5.41) is 11.9. The highest BCUT2D eigenvalue weighted by atomic mass is 16.3. The maximum absolute atomic E-state index is 11.5. The molecule has 0 saturated heterocycles. The van der Waals surface area contributed by atoms with Crippen LogP contribution in [0.15, 0.2) is 0 Å². The van der Waals surface area contributed by atoms with Gasteiger partial charge in [0, 0.05) is 25.6 Å². The molecular formula is C13H28N2O2. The van der Waals surface area contributed by atoms with Crippen LogP contribution >= 0.6 is 0 Å². The summed E-state index contributed by atoms with van der Waals surface area (Å²) in [6, 6.07) is 0.0738. The zero-order chi connectivity index (χ0) is 13.3. The SMILES string of the molecule is CC(C)CC(CCO)CNC(=O)CCC(C)N. The molecule has 2 unspecified atom stereocenters. The summed E-state index contributed by atoms with van der Waals surface area (Å²) >= 11 is 0. The molecule has 102 valence electrons. The van der Waals surface area contributed by atoms with Crippen LogP contribution in [-0.4, -0.2) is 30.2 Å². The summed E-state index contributed by atoms with van der Waals surface area (Å²) in [6.45, 7) is 7.06. The Kier molecular flexibility index (Phi) is 9.09. The smallest absolute Gasteiger partial charge is 0.220 e. The predicted octanol–water partition coefficient (Wildman–Crippen LogP) is 1.27. The number of carbonyl (C=O) groups excluding carboxylic acids is 1. The van der Waals surface area contributed by atoms with Crippen LogP contribution < -0.4 is 11.1 Å². The fourth-order valence-corrected chi connectivity index (χ4v) is 1.86. The first-order valence-electron chi connectivity index (χ1n) is 6.58. The third-order valence-electron chi connectivity index (χ3n) is 2.76. The number of aliphatic hydroxyl groups is 1. The number of hydrogen-bond donors (Lipinski definition) is 3. The molecule has 1 amide bonds. The van der Waals surface area contributed by atoms with Crippen molar-refractivity contribution in [1.82, 2.24) is 5.32 Å². The lowest BCUT2D eigenvalue weighted by atomic mass is 9.94. The molecular weight excluding hydrogens is 216 g/mol. The highest BCUT2D eigenvalue weighted by Crippen LogP contribution is 2.14. The van der Waals surface area contributed by atoms with E-state index in [2.05, 4.69) is 19.2 Å². The molecule has 0 aromatic rings. The maximum Gasteiger partial charge on any atom is 0.220 e. The Morgan fingerprint density at radius 3 is 2.41 bits per heavy atom. The lowest BCUT2D eigenvalue weighted by molar-refractivity contribution is -0.121. The minimum Gasteiger partial charge on any atom is -0.396 e. The molecule has 0 spiro atoms. The quantitative estimate of drug-likeness (QED) is 0.572. The number of aliphatic hydroxyl groups excluding tert-OH is 1. The zero-order valence-electron chi connectivity index (χ0n) is 11.4. The number of rotatable bonds is 9. The van der Waals surface area contributed by atoms with Crippen LogP contribution in [0.25, 0.3) is 0 Å². The molecule has 0 heterocycles. The Bertz CT molecular complexity index is 206. The second kappa shape index (κ2) is 9.42. The molecule has 0 rings (SSSR count). The van der Waals surface area contributed by atoms with Crippen LogP contribution in [0, 0.1) is 11.8 Å². The van der Waals surface area contributed by atoms with Crippen molar-refractivity contribution in [2.75, 3.05) is 13.2 Å². The second-order valence-electron chi connectivity index (χ2n) is 5.33. The summed E-state index contributed by atoms with van der Waals surface area (Å²) in [4.78, 5) is 11.5. The first-order valence-corrected chi connectivity index (χ1v) is 6.58. The van der Waals surface area contributed by atoms with Gasteiger partial charge in [-0.2, -0.15) is 0 Å². The maximum atomic E-state index is 11.5. The normalized spacial score (nSPS) is 14.7. The van der Waals surface area contributed by atoms with Gasteiger partial charge in [-0.05, 0) is 38.0 Å². The zero-order valence-corrected chi connectivity index (χ0v) is 11.4. The van der Waals surface area contributed by atoms with Gasteiger partial charge in [-0.25, -0.2) is 0 Å². The van der Waals surface area contributed by atoms with Crippen LogP contribution in [0.4, 0.5) is 0 Å². The first-order chi connectivity index (χ1) is 7.95. The van der Waals surface area contributed by atoms with E-state index in [9.17, 15) is 4.79 Å². The largest absolute Gasteiger partial charge is 0.396 e. The van der Waals surface area contributed by atoms with Crippen LogP contribution in [0.5, 0.6) is 0 Å². The van der Waals surface area contributed by atoms with Gasteiger partial charge >= 0.3 is 0 Å². The average molecular weight is 244 g/mol. The van der Waals surface area contributed by atoms with Gasteiger partial charge in [0.25, 0.3) is 0 Å². The minimum absolute atomic E-state index is 0.0639. The number of carbonyl (C=O) groups is 1. The molecule has 0 bridgehead atoms. The van der Waals surface area contributed by atoms with Crippen molar-refractivity contribution >= 4 is 5.91 Å². The van der Waals surface area contributed by atoms with Crippen molar-refractivity contribution in [3.8, 4) is 0 Å². The molecule has 2 atom stereocenters. The van der Waals surface area contributed by atoms with E-state index in [1.807, 2.05) is 6.92 Å².